The van der Waals surface area contributed by atoms with Crippen molar-refractivity contribution in [1.82, 2.24) is 15.0 Å². The quantitative estimate of drug-likeness (QED) is 0.517. The van der Waals surface area contributed by atoms with Gasteiger partial charge in [0.05, 0.1) is 4.92 Å². The third-order valence-electron chi connectivity index (χ3n) is 3.68. The van der Waals surface area contributed by atoms with Crippen molar-refractivity contribution < 1.29 is 9.66 Å². The Balaban J connectivity index is 1.91. The van der Waals surface area contributed by atoms with E-state index in [1.54, 1.807) is 36.7 Å². The first-order valence-electron chi connectivity index (χ1n) is 7.99. The number of nitrogens with zero attached hydrogens (tertiary/aromatic N) is 4. The van der Waals surface area contributed by atoms with Crippen LogP contribution in [0.4, 0.5) is 17.2 Å². The molecule has 1 aromatic carbocycles. The first kappa shape index (κ1) is 17.3. The number of rotatable bonds is 6. The topological polar surface area (TPSA) is 103 Å². The highest BCUT2D eigenvalue weighted by molar-refractivity contribution is 5.68. The predicted octanol–water partition coefficient (Wildman–Crippen LogP) is 4.44. The lowest BCUT2D eigenvalue weighted by molar-refractivity contribution is -0.385. The van der Waals surface area contributed by atoms with Crippen LogP contribution >= 0.6 is 0 Å². The summed E-state index contributed by atoms with van der Waals surface area (Å²) >= 11 is 0. The van der Waals surface area contributed by atoms with Crippen molar-refractivity contribution in [3.05, 3.63) is 70.8 Å². The number of hydrogen-bond donors (Lipinski definition) is 1. The van der Waals surface area contributed by atoms with Crippen LogP contribution in [0, 0.1) is 10.1 Å². The van der Waals surface area contributed by atoms with Gasteiger partial charge in [-0.3, -0.25) is 15.1 Å². The molecule has 8 heteroatoms. The Morgan fingerprint density at radius 1 is 1.08 bits per heavy atom. The van der Waals surface area contributed by atoms with E-state index in [0.29, 0.717) is 17.4 Å². The first-order valence-corrected chi connectivity index (χ1v) is 7.99. The number of pyridine rings is 1. The number of hydrogen-bond acceptors (Lipinski definition) is 7. The summed E-state index contributed by atoms with van der Waals surface area (Å²) in [6.07, 6.45) is 4.36. The minimum absolute atomic E-state index is 0.0463. The van der Waals surface area contributed by atoms with Crippen molar-refractivity contribution in [3.63, 3.8) is 0 Å². The number of nitrogens with one attached hydrogen (secondary N) is 1. The summed E-state index contributed by atoms with van der Waals surface area (Å²) in [6, 6.07) is 10.7. The molecule has 0 aliphatic carbocycles. The highest BCUT2D eigenvalue weighted by Gasteiger charge is 2.25. The third-order valence-corrected chi connectivity index (χ3v) is 3.68. The lowest BCUT2D eigenvalue weighted by Crippen LogP contribution is -2.03. The minimum Gasteiger partial charge on any atom is -0.434 e. The molecule has 0 unspecified atom stereocenters. The fourth-order valence-electron chi connectivity index (χ4n) is 2.30. The molecule has 0 bridgehead atoms. The molecule has 0 aliphatic heterocycles. The second-order valence-electron chi connectivity index (χ2n) is 5.82. The van der Waals surface area contributed by atoms with E-state index < -0.39 is 4.92 Å². The van der Waals surface area contributed by atoms with Crippen molar-refractivity contribution in [2.45, 2.75) is 19.8 Å². The van der Waals surface area contributed by atoms with Crippen molar-refractivity contribution in [3.8, 4) is 11.6 Å². The van der Waals surface area contributed by atoms with Gasteiger partial charge in [0, 0.05) is 18.1 Å². The summed E-state index contributed by atoms with van der Waals surface area (Å²) in [6.45, 7) is 4.17. The van der Waals surface area contributed by atoms with Crippen LogP contribution in [0.1, 0.15) is 25.3 Å². The summed E-state index contributed by atoms with van der Waals surface area (Å²) in [4.78, 5) is 22.8. The number of nitro groups is 1. The maximum atomic E-state index is 11.6. The summed E-state index contributed by atoms with van der Waals surface area (Å²) in [7, 11) is 0. The van der Waals surface area contributed by atoms with E-state index in [0.717, 1.165) is 5.56 Å². The van der Waals surface area contributed by atoms with Crippen LogP contribution in [0.25, 0.3) is 0 Å². The van der Waals surface area contributed by atoms with Gasteiger partial charge in [-0.2, -0.15) is 4.98 Å². The van der Waals surface area contributed by atoms with E-state index in [2.05, 4.69) is 34.1 Å². The van der Waals surface area contributed by atoms with Crippen molar-refractivity contribution >= 4 is 17.2 Å². The molecule has 132 valence electrons. The minimum atomic E-state index is -0.568. The van der Waals surface area contributed by atoms with Crippen LogP contribution in [0.5, 0.6) is 11.6 Å². The zero-order valence-electron chi connectivity index (χ0n) is 14.3. The average Bonchev–Trinajstić information content (AvgIpc) is 2.63. The van der Waals surface area contributed by atoms with E-state index in [9.17, 15) is 10.1 Å². The monoisotopic (exact) mass is 351 g/mol. The van der Waals surface area contributed by atoms with Gasteiger partial charge >= 0.3 is 11.6 Å². The molecule has 26 heavy (non-hydrogen) atoms. The molecule has 2 aromatic heterocycles. The molecule has 0 saturated carbocycles. The SMILES string of the molecule is CC(C)c1ccc(Oc2ncnc(Nc3ccncc3)c2[N+](=O)[O-])cc1. The van der Waals surface area contributed by atoms with E-state index in [1.165, 1.54) is 6.33 Å². The van der Waals surface area contributed by atoms with Gasteiger partial charge in [0.15, 0.2) is 0 Å². The molecule has 0 aliphatic rings. The molecule has 0 amide bonds. The van der Waals surface area contributed by atoms with Crippen LogP contribution in [-0.2, 0) is 0 Å². The number of benzene rings is 1. The van der Waals surface area contributed by atoms with Gasteiger partial charge in [0.2, 0.25) is 5.82 Å². The summed E-state index contributed by atoms with van der Waals surface area (Å²) in [5.41, 5.74) is 1.43. The Hall–Kier alpha value is -3.55. The van der Waals surface area contributed by atoms with Crippen LogP contribution in [-0.4, -0.2) is 19.9 Å². The van der Waals surface area contributed by atoms with Crippen LogP contribution < -0.4 is 10.1 Å². The normalized spacial score (nSPS) is 10.6. The second kappa shape index (κ2) is 7.56. The van der Waals surface area contributed by atoms with E-state index >= 15 is 0 Å². The molecule has 2 heterocycles. The van der Waals surface area contributed by atoms with Gasteiger partial charge in [0.25, 0.3) is 0 Å². The van der Waals surface area contributed by atoms with Crippen LogP contribution in [0.3, 0.4) is 0 Å². The highest BCUT2D eigenvalue weighted by atomic mass is 16.6. The lowest BCUT2D eigenvalue weighted by atomic mass is 10.0. The van der Waals surface area contributed by atoms with E-state index in [-0.39, 0.29) is 17.4 Å². The van der Waals surface area contributed by atoms with Gasteiger partial charge in [-0.15, -0.1) is 0 Å². The Morgan fingerprint density at radius 3 is 2.38 bits per heavy atom. The molecule has 3 aromatic rings. The van der Waals surface area contributed by atoms with Crippen LogP contribution in [0.2, 0.25) is 0 Å². The molecule has 3 rings (SSSR count). The molecule has 0 radical (unpaired) electrons. The molecule has 0 atom stereocenters. The predicted molar refractivity (Wildman–Crippen MR) is 96.8 cm³/mol. The zero-order chi connectivity index (χ0) is 18.5. The lowest BCUT2D eigenvalue weighted by Gasteiger charge is -2.10. The Bertz CT molecular complexity index is 898. The van der Waals surface area contributed by atoms with Gasteiger partial charge in [-0.05, 0) is 35.7 Å². The van der Waals surface area contributed by atoms with Crippen molar-refractivity contribution in [2.24, 2.45) is 0 Å². The number of anilines is 2. The molecule has 0 saturated heterocycles. The van der Waals surface area contributed by atoms with Gasteiger partial charge in [-0.1, -0.05) is 26.0 Å². The zero-order valence-corrected chi connectivity index (χ0v) is 14.3. The van der Waals surface area contributed by atoms with Gasteiger partial charge in [-0.25, -0.2) is 4.98 Å². The van der Waals surface area contributed by atoms with Crippen LogP contribution in [0.15, 0.2) is 55.1 Å². The van der Waals surface area contributed by atoms with E-state index in [1.807, 2.05) is 12.1 Å². The summed E-state index contributed by atoms with van der Waals surface area (Å²) in [5.74, 6) is 0.767. The smallest absolute Gasteiger partial charge is 0.373 e. The number of ether oxygens (including phenoxy) is 1. The highest BCUT2D eigenvalue weighted by Crippen LogP contribution is 2.35. The molecule has 1 N–H and O–H groups in total. The maximum absolute atomic E-state index is 11.6. The molecular weight excluding hydrogens is 334 g/mol. The molecular formula is C18H17N5O3. The standard InChI is InChI=1S/C18H17N5O3/c1-12(2)13-3-5-15(6-4-13)26-18-16(23(24)25)17(20-11-21-18)22-14-7-9-19-10-8-14/h3-12H,1-2H3,(H,19,20,21,22). The molecule has 0 spiro atoms. The molecule has 0 fully saturated rings. The number of aromatic nitrogens is 3. The Labute approximate surface area is 150 Å². The molecule has 8 nitrogen and oxygen atoms in total. The fraction of sp³-hybridized carbons (Fsp3) is 0.167. The van der Waals surface area contributed by atoms with E-state index in [4.69, 9.17) is 4.74 Å². The third kappa shape index (κ3) is 3.92. The Morgan fingerprint density at radius 2 is 1.77 bits per heavy atom. The largest absolute Gasteiger partial charge is 0.434 e. The fourth-order valence-corrected chi connectivity index (χ4v) is 2.30. The van der Waals surface area contributed by atoms with Crippen molar-refractivity contribution in [1.29, 1.82) is 0 Å². The van der Waals surface area contributed by atoms with Crippen molar-refractivity contribution in [2.75, 3.05) is 5.32 Å². The maximum Gasteiger partial charge on any atom is 0.373 e. The summed E-state index contributed by atoms with van der Waals surface area (Å²) in [5, 5.41) is 14.5. The average molecular weight is 351 g/mol. The summed E-state index contributed by atoms with van der Waals surface area (Å²) < 4.78 is 5.64. The van der Waals surface area contributed by atoms with Gasteiger partial charge < -0.3 is 10.1 Å². The Kier molecular flexibility index (Phi) is 5.02. The van der Waals surface area contributed by atoms with Gasteiger partial charge in [0.1, 0.15) is 12.1 Å². The second-order valence-corrected chi connectivity index (χ2v) is 5.82. The first-order chi connectivity index (χ1) is 12.5.